The molecule has 3 aliphatic rings. The van der Waals surface area contributed by atoms with Crippen LogP contribution in [0.2, 0.25) is 5.02 Å². The summed E-state index contributed by atoms with van der Waals surface area (Å²) >= 11 is 10.3. The van der Waals surface area contributed by atoms with E-state index >= 15 is 0 Å². The minimum Gasteiger partial charge on any atom is -0.465 e. The highest BCUT2D eigenvalue weighted by atomic mass is 79.9. The van der Waals surface area contributed by atoms with Crippen LogP contribution in [0.5, 0.6) is 0 Å². The van der Waals surface area contributed by atoms with Gasteiger partial charge in [0, 0.05) is 11.4 Å². The molecule has 1 aromatic rings. The van der Waals surface area contributed by atoms with Crippen LogP contribution >= 0.6 is 27.5 Å². The highest BCUT2D eigenvalue weighted by molar-refractivity contribution is 9.09. The molecule has 10 heteroatoms. The molecule has 1 aromatic carbocycles. The number of carbonyl (C=O) groups excluding carboxylic acids is 3. The molecule has 0 radical (unpaired) electrons. The van der Waals surface area contributed by atoms with Crippen molar-refractivity contribution in [3.8, 4) is 0 Å². The maximum atomic E-state index is 14.7. The van der Waals surface area contributed by atoms with Gasteiger partial charge in [0.1, 0.15) is 11.6 Å². The van der Waals surface area contributed by atoms with Crippen molar-refractivity contribution in [2.75, 3.05) is 24.7 Å². The fraction of sp³-hybridized carbons (Fsp3) is 0.567. The average molecular weight is 638 g/mol. The fourth-order valence-electron chi connectivity index (χ4n) is 6.70. The Kier molecular flexibility index (Phi) is 9.49. The lowest BCUT2D eigenvalue weighted by atomic mass is 9.70. The summed E-state index contributed by atoms with van der Waals surface area (Å²) in [6.45, 7) is 13.3. The minimum atomic E-state index is -1.28. The van der Waals surface area contributed by atoms with E-state index in [4.69, 9.17) is 21.1 Å². The quantitative estimate of drug-likeness (QED) is 0.158. The lowest BCUT2D eigenvalue weighted by Gasteiger charge is -2.40. The van der Waals surface area contributed by atoms with E-state index in [1.165, 1.54) is 9.80 Å². The van der Waals surface area contributed by atoms with Crippen LogP contribution in [-0.4, -0.2) is 76.2 Å². The summed E-state index contributed by atoms with van der Waals surface area (Å²) in [4.78, 5) is 45.2. The van der Waals surface area contributed by atoms with Crippen LogP contribution in [0.25, 0.3) is 0 Å². The number of benzene rings is 1. The smallest absolute Gasteiger partial charge is 0.312 e. The molecule has 3 aliphatic heterocycles. The number of para-hydroxylation sites is 1. The number of anilines is 1. The summed E-state index contributed by atoms with van der Waals surface area (Å²) in [5, 5.41) is 10.9. The van der Waals surface area contributed by atoms with Crippen molar-refractivity contribution in [1.82, 2.24) is 4.90 Å². The summed E-state index contributed by atoms with van der Waals surface area (Å²) in [6, 6.07) is 3.64. The minimum absolute atomic E-state index is 0.134. The van der Waals surface area contributed by atoms with Crippen molar-refractivity contribution < 1.29 is 29.0 Å². The molecule has 4 rings (SSSR count). The van der Waals surface area contributed by atoms with Gasteiger partial charge in [-0.25, -0.2) is 0 Å². The first-order valence-corrected chi connectivity index (χ1v) is 15.0. The Labute approximate surface area is 249 Å². The van der Waals surface area contributed by atoms with Crippen molar-refractivity contribution >= 4 is 51.0 Å². The summed E-state index contributed by atoms with van der Waals surface area (Å²) in [6.07, 6.45) is 3.92. The molecule has 0 aliphatic carbocycles. The second-order valence-corrected chi connectivity index (χ2v) is 12.8. The molecule has 1 N–H and O–H groups in total. The molecule has 8 nitrogen and oxygen atoms in total. The number of aliphatic hydroxyl groups excluding tert-OH is 1. The molecule has 1 spiro atoms. The Balaban J connectivity index is 1.85. The Bertz CT molecular complexity index is 1160. The van der Waals surface area contributed by atoms with Gasteiger partial charge in [-0.15, -0.1) is 13.2 Å². The average Bonchev–Trinajstić information content (AvgIpc) is 3.49. The van der Waals surface area contributed by atoms with Gasteiger partial charge in [0.15, 0.2) is 0 Å². The first-order valence-electron chi connectivity index (χ1n) is 13.7. The first-order chi connectivity index (χ1) is 19.0. The van der Waals surface area contributed by atoms with Crippen molar-refractivity contribution in [1.29, 1.82) is 0 Å². The van der Waals surface area contributed by atoms with E-state index in [1.807, 2.05) is 32.9 Å². The van der Waals surface area contributed by atoms with Crippen LogP contribution < -0.4 is 4.90 Å². The lowest BCUT2D eigenvalue weighted by Crippen LogP contribution is -2.59. The predicted octanol–water partition coefficient (Wildman–Crippen LogP) is 4.44. The topological polar surface area (TPSA) is 96.4 Å². The van der Waals surface area contributed by atoms with Crippen LogP contribution in [-0.2, 0) is 23.9 Å². The second kappa shape index (κ2) is 12.3. The number of alkyl halides is 1. The van der Waals surface area contributed by atoms with Crippen molar-refractivity contribution in [2.24, 2.45) is 17.8 Å². The second-order valence-electron chi connectivity index (χ2n) is 11.3. The molecule has 7 atom stereocenters. The zero-order chi connectivity index (χ0) is 29.4. The molecule has 0 aromatic heterocycles. The number of aryl methyl sites for hydroxylation is 1. The monoisotopic (exact) mass is 636 g/mol. The van der Waals surface area contributed by atoms with Gasteiger partial charge >= 0.3 is 5.97 Å². The van der Waals surface area contributed by atoms with Crippen molar-refractivity contribution in [2.45, 2.75) is 68.6 Å². The molecule has 2 bridgehead atoms. The third kappa shape index (κ3) is 5.14. The lowest BCUT2D eigenvalue weighted by molar-refractivity contribution is -0.155. The van der Waals surface area contributed by atoms with Gasteiger partial charge in [-0.3, -0.25) is 14.4 Å². The van der Waals surface area contributed by atoms with Crippen molar-refractivity contribution in [3.05, 3.63) is 54.1 Å². The summed E-state index contributed by atoms with van der Waals surface area (Å²) in [5.74, 6) is -2.97. The highest BCUT2D eigenvalue weighted by Crippen LogP contribution is 2.61. The molecule has 3 fully saturated rings. The van der Waals surface area contributed by atoms with Gasteiger partial charge in [-0.05, 0) is 43.7 Å². The predicted molar refractivity (Wildman–Crippen MR) is 157 cm³/mol. The molecular weight excluding hydrogens is 600 g/mol. The first kappa shape index (κ1) is 30.8. The Hall–Kier alpha value is -2.20. The van der Waals surface area contributed by atoms with Crippen LogP contribution in [0.1, 0.15) is 38.7 Å². The standard InChI is InChI=1S/C30H38BrClN2O6/c1-6-8-13-39-29(38)22-23-27(36)34(19(16-35)14-17(3)4)26(30(23)15-20(31)25(22)40-30)28(37)33(12-7-2)24-18(5)10-9-11-21(24)32/h6-7,9-11,17,19-20,22-23,25-26,35H,1-2,8,12-16H2,3-5H3/t19-,20?,22+,23+,25+,26?,30?/m1/s1. The number of rotatable bonds is 12. The zero-order valence-corrected chi connectivity index (χ0v) is 25.6. The number of aliphatic hydroxyl groups is 1. The van der Waals surface area contributed by atoms with Crippen LogP contribution in [0.3, 0.4) is 0 Å². The van der Waals surface area contributed by atoms with E-state index in [0.717, 1.165) is 5.56 Å². The number of hydrogen-bond donors (Lipinski definition) is 1. The number of likely N-dealkylation sites (tertiary alicyclic amines) is 1. The van der Waals surface area contributed by atoms with E-state index in [9.17, 15) is 19.5 Å². The van der Waals surface area contributed by atoms with Crippen LogP contribution in [0.15, 0.2) is 43.5 Å². The number of ether oxygens (including phenoxy) is 2. The van der Waals surface area contributed by atoms with E-state index in [2.05, 4.69) is 29.1 Å². The van der Waals surface area contributed by atoms with Gasteiger partial charge in [0.25, 0.3) is 5.91 Å². The van der Waals surface area contributed by atoms with E-state index in [1.54, 1.807) is 18.2 Å². The maximum absolute atomic E-state index is 14.7. The third-order valence-corrected chi connectivity index (χ3v) is 9.33. The summed E-state index contributed by atoms with van der Waals surface area (Å²) in [5.41, 5.74) is 0.0231. The normalized spacial score (nSPS) is 29.4. The van der Waals surface area contributed by atoms with Crippen LogP contribution in [0.4, 0.5) is 5.69 Å². The SMILES string of the molecule is C=CCCOC(=O)[C@H]1[C@H]2C(=O)N([C@@H](CO)CC(C)C)C(C(=O)N(CC=C)c3c(C)cccc3Cl)C23CC(Br)[C@@H]1O3. The van der Waals surface area contributed by atoms with Gasteiger partial charge < -0.3 is 24.4 Å². The number of esters is 1. The molecule has 3 heterocycles. The van der Waals surface area contributed by atoms with E-state index in [0.29, 0.717) is 30.0 Å². The van der Waals surface area contributed by atoms with Gasteiger partial charge in [0.05, 0.1) is 47.9 Å². The largest absolute Gasteiger partial charge is 0.465 e. The Morgan fingerprint density at radius 2 is 2.08 bits per heavy atom. The maximum Gasteiger partial charge on any atom is 0.312 e. The Morgan fingerprint density at radius 1 is 1.35 bits per heavy atom. The number of carbonyl (C=O) groups is 3. The van der Waals surface area contributed by atoms with E-state index < -0.39 is 47.5 Å². The summed E-state index contributed by atoms with van der Waals surface area (Å²) in [7, 11) is 0. The number of fused-ring (bicyclic) bond motifs is 1. The molecular formula is C30H38BrClN2O6. The van der Waals surface area contributed by atoms with Gasteiger partial charge in [0.2, 0.25) is 5.91 Å². The van der Waals surface area contributed by atoms with Crippen molar-refractivity contribution in [3.63, 3.8) is 0 Å². The van der Waals surface area contributed by atoms with Gasteiger partial charge in [-0.1, -0.05) is 65.7 Å². The number of amides is 2. The molecule has 2 amide bonds. The van der Waals surface area contributed by atoms with Crippen LogP contribution in [0, 0.1) is 24.7 Å². The molecule has 3 unspecified atom stereocenters. The highest BCUT2D eigenvalue weighted by Gasteiger charge is 2.77. The molecule has 40 heavy (non-hydrogen) atoms. The Morgan fingerprint density at radius 3 is 2.67 bits per heavy atom. The third-order valence-electron chi connectivity index (χ3n) is 8.18. The zero-order valence-electron chi connectivity index (χ0n) is 23.2. The molecule has 3 saturated heterocycles. The number of hydrogen-bond acceptors (Lipinski definition) is 6. The summed E-state index contributed by atoms with van der Waals surface area (Å²) < 4.78 is 12.1. The fourth-order valence-corrected chi connectivity index (χ4v) is 7.97. The van der Waals surface area contributed by atoms with E-state index in [-0.39, 0.29) is 36.4 Å². The molecule has 218 valence electrons. The number of halogens is 2. The number of nitrogens with zero attached hydrogens (tertiary/aromatic N) is 2. The molecule has 0 saturated carbocycles. The van der Waals surface area contributed by atoms with Gasteiger partial charge in [-0.2, -0.15) is 0 Å².